The lowest BCUT2D eigenvalue weighted by atomic mass is 9.85. The molecule has 0 radical (unpaired) electrons. The number of carbonyl (C=O) groups is 1. The molecule has 1 unspecified atom stereocenters. The van der Waals surface area contributed by atoms with E-state index in [9.17, 15) is 4.79 Å². The van der Waals surface area contributed by atoms with Gasteiger partial charge in [0.15, 0.2) is 0 Å². The van der Waals surface area contributed by atoms with Gasteiger partial charge in [0.05, 0.1) is 0 Å². The van der Waals surface area contributed by atoms with Crippen molar-refractivity contribution in [2.75, 3.05) is 12.3 Å². The number of nitrogen functional groups attached to an aromatic ring is 1. The number of hydrogen-bond donors (Lipinski definition) is 4. The fourth-order valence-electron chi connectivity index (χ4n) is 1.54. The van der Waals surface area contributed by atoms with Crippen molar-refractivity contribution < 1.29 is 9.90 Å². The first kappa shape index (κ1) is 13.5. The van der Waals surface area contributed by atoms with Crippen molar-refractivity contribution in [3.05, 3.63) is 11.8 Å². The second-order valence-electron chi connectivity index (χ2n) is 5.11. The van der Waals surface area contributed by atoms with Crippen LogP contribution in [-0.2, 0) is 0 Å². The normalized spacial score (nSPS) is 13.4. The van der Waals surface area contributed by atoms with Crippen molar-refractivity contribution in [1.29, 1.82) is 0 Å². The third-order valence-corrected chi connectivity index (χ3v) is 2.61. The number of amides is 1. The molecule has 0 saturated carbocycles. The van der Waals surface area contributed by atoms with Gasteiger partial charge >= 0.3 is 0 Å². The van der Waals surface area contributed by atoms with E-state index < -0.39 is 0 Å². The maximum atomic E-state index is 11.9. The Morgan fingerprint density at radius 1 is 1.65 bits per heavy atom. The van der Waals surface area contributed by atoms with E-state index in [0.29, 0.717) is 12.1 Å². The first-order valence-electron chi connectivity index (χ1n) is 5.57. The third kappa shape index (κ3) is 3.74. The summed E-state index contributed by atoms with van der Waals surface area (Å²) in [5.41, 5.74) is 5.64. The van der Waals surface area contributed by atoms with E-state index in [2.05, 4.69) is 15.5 Å². The van der Waals surface area contributed by atoms with Crippen molar-refractivity contribution in [1.82, 2.24) is 15.5 Å². The Hall–Kier alpha value is -1.56. The maximum Gasteiger partial charge on any atom is 0.269 e. The van der Waals surface area contributed by atoms with Gasteiger partial charge in [-0.25, -0.2) is 0 Å². The summed E-state index contributed by atoms with van der Waals surface area (Å²) in [7, 11) is 0. The Kier molecular flexibility index (Phi) is 4.11. The van der Waals surface area contributed by atoms with Crippen molar-refractivity contribution in [2.24, 2.45) is 5.41 Å². The first-order valence-corrected chi connectivity index (χ1v) is 5.57. The molecule has 0 aromatic carbocycles. The minimum absolute atomic E-state index is 0.0351. The van der Waals surface area contributed by atoms with Crippen LogP contribution in [0.2, 0.25) is 0 Å². The second-order valence-corrected chi connectivity index (χ2v) is 5.11. The molecule has 0 fully saturated rings. The number of nitrogens with zero attached hydrogens (tertiary/aromatic N) is 1. The van der Waals surface area contributed by atoms with Crippen LogP contribution in [0, 0.1) is 5.41 Å². The van der Waals surface area contributed by atoms with Gasteiger partial charge in [0.25, 0.3) is 5.91 Å². The number of aromatic amines is 1. The van der Waals surface area contributed by atoms with Crippen LogP contribution in [0.4, 0.5) is 5.82 Å². The summed E-state index contributed by atoms with van der Waals surface area (Å²) >= 11 is 0. The van der Waals surface area contributed by atoms with Crippen LogP contribution < -0.4 is 11.1 Å². The molecule has 0 saturated heterocycles. The van der Waals surface area contributed by atoms with E-state index in [1.807, 2.05) is 20.8 Å². The summed E-state index contributed by atoms with van der Waals surface area (Å²) in [4.78, 5) is 11.9. The lowest BCUT2D eigenvalue weighted by molar-refractivity contribution is 0.0880. The zero-order valence-electron chi connectivity index (χ0n) is 10.4. The molecule has 96 valence electrons. The molecular formula is C11H20N4O2. The number of H-pyrrole nitrogens is 1. The van der Waals surface area contributed by atoms with Crippen LogP contribution in [0.5, 0.6) is 0 Å². The number of rotatable bonds is 4. The highest BCUT2D eigenvalue weighted by Gasteiger charge is 2.26. The molecule has 1 aromatic rings. The molecule has 0 bridgehead atoms. The second kappa shape index (κ2) is 5.18. The van der Waals surface area contributed by atoms with E-state index in [4.69, 9.17) is 10.8 Å². The Labute approximate surface area is 101 Å². The third-order valence-electron chi connectivity index (χ3n) is 2.61. The molecule has 0 aliphatic rings. The number of carbonyl (C=O) groups excluding carboxylic acids is 1. The largest absolute Gasteiger partial charge is 0.396 e. The molecule has 1 rings (SSSR count). The number of anilines is 1. The smallest absolute Gasteiger partial charge is 0.269 e. The molecule has 0 aliphatic carbocycles. The summed E-state index contributed by atoms with van der Waals surface area (Å²) in [6, 6.07) is 1.37. The molecule has 6 nitrogen and oxygen atoms in total. The van der Waals surface area contributed by atoms with Gasteiger partial charge in [0, 0.05) is 18.7 Å². The van der Waals surface area contributed by atoms with E-state index in [-0.39, 0.29) is 29.8 Å². The zero-order valence-corrected chi connectivity index (χ0v) is 10.4. The van der Waals surface area contributed by atoms with Crippen LogP contribution in [-0.4, -0.2) is 33.9 Å². The van der Waals surface area contributed by atoms with E-state index in [1.54, 1.807) is 0 Å². The molecule has 1 atom stereocenters. The van der Waals surface area contributed by atoms with Gasteiger partial charge in [-0.05, 0) is 11.8 Å². The summed E-state index contributed by atoms with van der Waals surface area (Å²) in [6.07, 6.45) is 0.513. The summed E-state index contributed by atoms with van der Waals surface area (Å²) in [5, 5.41) is 18.1. The average molecular weight is 240 g/mol. The van der Waals surface area contributed by atoms with Crippen molar-refractivity contribution in [3.63, 3.8) is 0 Å². The SMILES string of the molecule is CC(C)(C)C(CCO)NC(=O)c1cc(N)n[nH]1. The van der Waals surface area contributed by atoms with Gasteiger partial charge in [-0.2, -0.15) is 5.10 Å². The van der Waals surface area contributed by atoms with E-state index >= 15 is 0 Å². The van der Waals surface area contributed by atoms with Gasteiger partial charge < -0.3 is 16.2 Å². The Balaban J connectivity index is 2.71. The zero-order chi connectivity index (χ0) is 13.1. The molecular weight excluding hydrogens is 220 g/mol. The number of aromatic nitrogens is 2. The minimum atomic E-state index is -0.262. The van der Waals surface area contributed by atoms with Crippen LogP contribution in [0.3, 0.4) is 0 Å². The lowest BCUT2D eigenvalue weighted by Crippen LogP contribution is -2.44. The minimum Gasteiger partial charge on any atom is -0.396 e. The van der Waals surface area contributed by atoms with Crippen molar-refractivity contribution in [2.45, 2.75) is 33.2 Å². The fraction of sp³-hybridized carbons (Fsp3) is 0.636. The van der Waals surface area contributed by atoms with Gasteiger partial charge in [-0.15, -0.1) is 0 Å². The quantitative estimate of drug-likeness (QED) is 0.615. The highest BCUT2D eigenvalue weighted by atomic mass is 16.3. The molecule has 1 aromatic heterocycles. The Bertz CT molecular complexity index is 381. The molecule has 5 N–H and O–H groups in total. The molecule has 1 amide bonds. The van der Waals surface area contributed by atoms with E-state index in [1.165, 1.54) is 6.07 Å². The summed E-state index contributed by atoms with van der Waals surface area (Å²) < 4.78 is 0. The van der Waals surface area contributed by atoms with Crippen LogP contribution in [0.15, 0.2) is 6.07 Å². The number of aliphatic hydroxyl groups is 1. The Morgan fingerprint density at radius 3 is 2.71 bits per heavy atom. The Morgan fingerprint density at radius 2 is 2.29 bits per heavy atom. The van der Waals surface area contributed by atoms with Crippen molar-refractivity contribution in [3.8, 4) is 0 Å². The van der Waals surface area contributed by atoms with Crippen LogP contribution >= 0.6 is 0 Å². The number of aliphatic hydroxyl groups excluding tert-OH is 1. The number of nitrogens with two attached hydrogens (primary N) is 1. The first-order chi connectivity index (χ1) is 7.84. The van der Waals surface area contributed by atoms with Crippen LogP contribution in [0.25, 0.3) is 0 Å². The summed E-state index contributed by atoms with van der Waals surface area (Å²) in [6.45, 7) is 6.06. The maximum absolute atomic E-state index is 11.9. The molecule has 0 aliphatic heterocycles. The highest BCUT2D eigenvalue weighted by Crippen LogP contribution is 2.21. The summed E-state index contributed by atoms with van der Waals surface area (Å²) in [5.74, 6) is 0.0205. The van der Waals surface area contributed by atoms with Gasteiger partial charge in [0.2, 0.25) is 0 Å². The topological polar surface area (TPSA) is 104 Å². The molecule has 17 heavy (non-hydrogen) atoms. The number of hydrogen-bond acceptors (Lipinski definition) is 4. The van der Waals surface area contributed by atoms with Gasteiger partial charge in [-0.1, -0.05) is 20.8 Å². The predicted octanol–water partition coefficient (Wildman–Crippen LogP) is 0.519. The average Bonchev–Trinajstić information content (AvgIpc) is 2.62. The van der Waals surface area contributed by atoms with Crippen LogP contribution in [0.1, 0.15) is 37.7 Å². The van der Waals surface area contributed by atoms with Crippen molar-refractivity contribution >= 4 is 11.7 Å². The molecule has 1 heterocycles. The highest BCUT2D eigenvalue weighted by molar-refractivity contribution is 5.93. The molecule has 0 spiro atoms. The lowest BCUT2D eigenvalue weighted by Gasteiger charge is -2.30. The van der Waals surface area contributed by atoms with E-state index in [0.717, 1.165) is 0 Å². The monoisotopic (exact) mass is 240 g/mol. The standard InChI is InChI=1S/C11H20N4O2/c1-11(2,3)8(4-5-16)13-10(17)7-6-9(12)15-14-7/h6,8,16H,4-5H2,1-3H3,(H,13,17)(H3,12,14,15). The number of nitrogens with one attached hydrogen (secondary N) is 2. The van der Waals surface area contributed by atoms with Gasteiger partial charge in [-0.3, -0.25) is 9.89 Å². The molecule has 6 heteroatoms. The fourth-order valence-corrected chi connectivity index (χ4v) is 1.54. The predicted molar refractivity (Wildman–Crippen MR) is 65.4 cm³/mol. The van der Waals surface area contributed by atoms with Gasteiger partial charge in [0.1, 0.15) is 11.5 Å².